The molecule has 0 aliphatic carbocycles. The molecular weight excluding hydrogens is 913 g/mol. The van der Waals surface area contributed by atoms with Gasteiger partial charge in [0.1, 0.15) is 13.2 Å². The number of unbranched alkanes of at least 4 members (excludes halogenated alkanes) is 35. The lowest BCUT2D eigenvalue weighted by Crippen LogP contribution is -2.30. The van der Waals surface area contributed by atoms with Crippen LogP contribution in [0.2, 0.25) is 0 Å². The maximum Gasteiger partial charge on any atom is 0.306 e. The van der Waals surface area contributed by atoms with Crippen molar-refractivity contribution in [1.29, 1.82) is 0 Å². The van der Waals surface area contributed by atoms with Gasteiger partial charge in [-0.2, -0.15) is 0 Å². The number of carbonyl (C=O) groups excluding carboxylic acids is 3. The average Bonchev–Trinajstić information content (AvgIpc) is 3.40. The molecule has 1 atom stereocenters. The molecule has 0 aliphatic heterocycles. The van der Waals surface area contributed by atoms with Gasteiger partial charge in [-0.1, -0.05) is 293 Å². The SMILES string of the molecule is CC/C=C\C/C=C\C/C=C\C/C=C\CCCCCCCCCCCCCCCCC(=O)OCC(COC(=O)CCCCCCC/C=C\C/C=C\CCCC)OC(=O)CCCCCCCCCCCCCCCCC. The van der Waals surface area contributed by atoms with Gasteiger partial charge in [0.25, 0.3) is 0 Å². The minimum atomic E-state index is -0.779. The van der Waals surface area contributed by atoms with Crippen molar-refractivity contribution in [2.24, 2.45) is 0 Å². The molecule has 1 unspecified atom stereocenters. The summed E-state index contributed by atoms with van der Waals surface area (Å²) in [6.07, 6.45) is 80.5. The Morgan fingerprint density at radius 2 is 0.541 bits per heavy atom. The van der Waals surface area contributed by atoms with Crippen molar-refractivity contribution in [3.05, 3.63) is 72.9 Å². The molecule has 428 valence electrons. The number of hydrogen-bond donors (Lipinski definition) is 0. The Balaban J connectivity index is 4.25. The average molecular weight is 1030 g/mol. The molecule has 0 aliphatic rings. The van der Waals surface area contributed by atoms with E-state index in [1.807, 2.05) is 0 Å². The van der Waals surface area contributed by atoms with Gasteiger partial charge in [-0.05, 0) is 83.5 Å². The van der Waals surface area contributed by atoms with Gasteiger partial charge in [-0.15, -0.1) is 0 Å². The molecule has 74 heavy (non-hydrogen) atoms. The number of rotatable bonds is 58. The summed E-state index contributed by atoms with van der Waals surface area (Å²) >= 11 is 0. The summed E-state index contributed by atoms with van der Waals surface area (Å²) in [5, 5.41) is 0. The molecule has 0 saturated heterocycles. The Hall–Kier alpha value is -3.15. The molecule has 0 rings (SSSR count). The number of hydrogen-bond acceptors (Lipinski definition) is 6. The van der Waals surface area contributed by atoms with Gasteiger partial charge in [0.05, 0.1) is 0 Å². The summed E-state index contributed by atoms with van der Waals surface area (Å²) in [5.41, 5.74) is 0. The molecule has 6 nitrogen and oxygen atoms in total. The van der Waals surface area contributed by atoms with Crippen LogP contribution in [0.15, 0.2) is 72.9 Å². The van der Waals surface area contributed by atoms with Gasteiger partial charge in [0.2, 0.25) is 0 Å². The lowest BCUT2D eigenvalue weighted by molar-refractivity contribution is -0.167. The summed E-state index contributed by atoms with van der Waals surface area (Å²) in [6, 6.07) is 0. The second-order valence-corrected chi connectivity index (χ2v) is 21.3. The van der Waals surface area contributed by atoms with Crippen molar-refractivity contribution in [2.45, 2.75) is 329 Å². The highest BCUT2D eigenvalue weighted by Gasteiger charge is 2.19. The van der Waals surface area contributed by atoms with Gasteiger partial charge in [-0.3, -0.25) is 14.4 Å². The zero-order valence-corrected chi connectivity index (χ0v) is 49.1. The third-order valence-electron chi connectivity index (χ3n) is 13.9. The highest BCUT2D eigenvalue weighted by molar-refractivity contribution is 5.71. The maximum absolute atomic E-state index is 12.9. The Morgan fingerprint density at radius 3 is 0.865 bits per heavy atom. The first-order valence-electron chi connectivity index (χ1n) is 31.9. The van der Waals surface area contributed by atoms with Crippen molar-refractivity contribution in [3.63, 3.8) is 0 Å². The second kappa shape index (κ2) is 62.4. The van der Waals surface area contributed by atoms with E-state index in [-0.39, 0.29) is 31.1 Å². The Morgan fingerprint density at radius 1 is 0.284 bits per heavy atom. The van der Waals surface area contributed by atoms with Crippen molar-refractivity contribution in [3.8, 4) is 0 Å². The number of esters is 3. The van der Waals surface area contributed by atoms with E-state index in [0.29, 0.717) is 19.3 Å². The zero-order valence-electron chi connectivity index (χ0n) is 49.1. The minimum Gasteiger partial charge on any atom is -0.462 e. The van der Waals surface area contributed by atoms with Gasteiger partial charge >= 0.3 is 17.9 Å². The lowest BCUT2D eigenvalue weighted by Gasteiger charge is -2.18. The van der Waals surface area contributed by atoms with Crippen LogP contribution in [0.4, 0.5) is 0 Å². The van der Waals surface area contributed by atoms with Gasteiger partial charge in [-0.25, -0.2) is 0 Å². The molecule has 6 heteroatoms. The molecule has 0 aromatic heterocycles. The molecule has 0 aromatic rings. The predicted molar refractivity (Wildman–Crippen MR) is 321 cm³/mol. The van der Waals surface area contributed by atoms with Crippen LogP contribution in [0, 0.1) is 0 Å². The Labute approximate surface area is 459 Å². The predicted octanol–water partition coefficient (Wildman–Crippen LogP) is 21.7. The van der Waals surface area contributed by atoms with Crippen LogP contribution < -0.4 is 0 Å². The summed E-state index contributed by atoms with van der Waals surface area (Å²) in [6.45, 7) is 6.51. The van der Waals surface area contributed by atoms with E-state index < -0.39 is 6.10 Å². The first-order valence-corrected chi connectivity index (χ1v) is 31.9. The first-order chi connectivity index (χ1) is 36.5. The quantitative estimate of drug-likeness (QED) is 0.0261. The van der Waals surface area contributed by atoms with Crippen molar-refractivity contribution in [2.75, 3.05) is 13.2 Å². The number of carbonyl (C=O) groups is 3. The van der Waals surface area contributed by atoms with Gasteiger partial charge in [0, 0.05) is 19.3 Å². The van der Waals surface area contributed by atoms with E-state index in [1.54, 1.807) is 0 Å². The van der Waals surface area contributed by atoms with E-state index >= 15 is 0 Å². The van der Waals surface area contributed by atoms with Crippen molar-refractivity contribution >= 4 is 17.9 Å². The first kappa shape index (κ1) is 70.8. The fourth-order valence-electron chi connectivity index (χ4n) is 9.16. The standard InChI is InChI=1S/C68H120O6/c1-4-7-10-13-16-19-22-25-28-29-30-31-32-33-34-35-36-37-38-39-41-43-46-49-52-55-58-61-67(70)73-64-65(63-72-66(69)60-57-54-51-48-45-42-27-24-21-18-15-12-9-6-3)74-68(71)62-59-56-53-50-47-44-40-26-23-20-17-14-11-8-5-2/h7,10,15-16,18-19,24-25,27-28,30-31,65H,4-6,8-9,11-14,17,20-23,26,29,32-64H2,1-3H3/b10-7-,18-15-,19-16-,27-24-,28-25-,31-30-. The third kappa shape index (κ3) is 59.7. The maximum atomic E-state index is 12.9. The van der Waals surface area contributed by atoms with Crippen molar-refractivity contribution < 1.29 is 28.6 Å². The zero-order chi connectivity index (χ0) is 53.6. The number of ether oxygens (including phenoxy) is 3. The van der Waals surface area contributed by atoms with Crippen LogP contribution >= 0.6 is 0 Å². The van der Waals surface area contributed by atoms with E-state index in [4.69, 9.17) is 14.2 Å². The van der Waals surface area contributed by atoms with Gasteiger partial charge in [0.15, 0.2) is 6.10 Å². The molecule has 0 radical (unpaired) electrons. The van der Waals surface area contributed by atoms with Crippen LogP contribution in [0.25, 0.3) is 0 Å². The van der Waals surface area contributed by atoms with E-state index in [9.17, 15) is 14.4 Å². The minimum absolute atomic E-state index is 0.0764. The Bertz CT molecular complexity index is 1370. The smallest absolute Gasteiger partial charge is 0.306 e. The molecule has 0 heterocycles. The largest absolute Gasteiger partial charge is 0.462 e. The summed E-state index contributed by atoms with van der Waals surface area (Å²) in [5.74, 6) is -0.875. The topological polar surface area (TPSA) is 78.9 Å². The normalized spacial score (nSPS) is 12.5. The monoisotopic (exact) mass is 1030 g/mol. The molecular formula is C68H120O6. The third-order valence-corrected chi connectivity index (χ3v) is 13.9. The van der Waals surface area contributed by atoms with Crippen LogP contribution in [0.1, 0.15) is 323 Å². The van der Waals surface area contributed by atoms with Crippen LogP contribution in [-0.4, -0.2) is 37.2 Å². The molecule has 0 spiro atoms. The van der Waals surface area contributed by atoms with E-state index in [1.165, 1.54) is 180 Å². The van der Waals surface area contributed by atoms with E-state index in [0.717, 1.165) is 103 Å². The van der Waals surface area contributed by atoms with Crippen molar-refractivity contribution in [1.82, 2.24) is 0 Å². The summed E-state index contributed by atoms with van der Waals surface area (Å²) in [7, 11) is 0. The molecule has 0 amide bonds. The number of allylic oxidation sites excluding steroid dienone is 12. The molecule has 0 bridgehead atoms. The Kier molecular flexibility index (Phi) is 59.7. The lowest BCUT2D eigenvalue weighted by atomic mass is 10.0. The highest BCUT2D eigenvalue weighted by atomic mass is 16.6. The second-order valence-electron chi connectivity index (χ2n) is 21.3. The molecule has 0 saturated carbocycles. The van der Waals surface area contributed by atoms with Gasteiger partial charge < -0.3 is 14.2 Å². The van der Waals surface area contributed by atoms with E-state index in [2.05, 4.69) is 93.7 Å². The van der Waals surface area contributed by atoms with Crippen LogP contribution in [0.5, 0.6) is 0 Å². The van der Waals surface area contributed by atoms with Crippen LogP contribution in [-0.2, 0) is 28.6 Å². The van der Waals surface area contributed by atoms with Crippen LogP contribution in [0.3, 0.4) is 0 Å². The highest BCUT2D eigenvalue weighted by Crippen LogP contribution is 2.17. The fraction of sp³-hybridized carbons (Fsp3) is 0.779. The molecule has 0 fully saturated rings. The molecule has 0 aromatic carbocycles. The molecule has 0 N–H and O–H groups in total. The summed E-state index contributed by atoms with van der Waals surface area (Å²) in [4.78, 5) is 38.3. The summed E-state index contributed by atoms with van der Waals surface area (Å²) < 4.78 is 16.9. The fourth-order valence-corrected chi connectivity index (χ4v) is 9.16.